The highest BCUT2D eigenvalue weighted by Gasteiger charge is 2.37. The zero-order valence-electron chi connectivity index (χ0n) is 11.1. The van der Waals surface area contributed by atoms with Gasteiger partial charge < -0.3 is 5.73 Å². The van der Waals surface area contributed by atoms with Crippen LogP contribution in [0.4, 0.5) is 4.39 Å². The molecule has 0 saturated heterocycles. The van der Waals surface area contributed by atoms with Gasteiger partial charge in [0.25, 0.3) is 0 Å². The summed E-state index contributed by atoms with van der Waals surface area (Å²) in [5.41, 5.74) is 7.63. The predicted octanol–water partition coefficient (Wildman–Crippen LogP) is 4.43. The maximum Gasteiger partial charge on any atom is 0.123 e. The zero-order chi connectivity index (χ0) is 13.4. The summed E-state index contributed by atoms with van der Waals surface area (Å²) in [7, 11) is 0. The fourth-order valence-corrected chi connectivity index (χ4v) is 3.64. The van der Waals surface area contributed by atoms with Crippen LogP contribution in [0, 0.1) is 11.2 Å². The van der Waals surface area contributed by atoms with E-state index in [1.165, 1.54) is 12.5 Å². The smallest absolute Gasteiger partial charge is 0.123 e. The summed E-state index contributed by atoms with van der Waals surface area (Å²) >= 11 is 3.49. The van der Waals surface area contributed by atoms with Gasteiger partial charge in [0.05, 0.1) is 0 Å². The molecule has 18 heavy (non-hydrogen) atoms. The van der Waals surface area contributed by atoms with Crippen molar-refractivity contribution in [2.45, 2.75) is 51.5 Å². The van der Waals surface area contributed by atoms with Crippen molar-refractivity contribution < 1.29 is 4.39 Å². The monoisotopic (exact) mass is 313 g/mol. The lowest BCUT2D eigenvalue weighted by atomic mass is 9.66. The van der Waals surface area contributed by atoms with Crippen molar-refractivity contribution >= 4 is 15.9 Å². The molecule has 1 saturated carbocycles. The molecule has 1 fully saturated rings. The quantitative estimate of drug-likeness (QED) is 0.859. The molecular formula is C15H21BrFN. The standard InChI is InChI=1S/C15H21BrFN/c1-14(2)6-3-7-15(18,10-14)9-11-8-12(17)4-5-13(11)16/h4-5,8H,3,6-7,9-10,18H2,1-2H3. The topological polar surface area (TPSA) is 26.0 Å². The predicted molar refractivity (Wildman–Crippen MR) is 77.0 cm³/mol. The van der Waals surface area contributed by atoms with Gasteiger partial charge >= 0.3 is 0 Å². The third kappa shape index (κ3) is 3.33. The lowest BCUT2D eigenvalue weighted by Crippen LogP contribution is -2.48. The van der Waals surface area contributed by atoms with E-state index in [1.807, 2.05) is 0 Å². The first-order valence-corrected chi connectivity index (χ1v) is 7.32. The second kappa shape index (κ2) is 4.93. The molecule has 1 aliphatic carbocycles. The molecule has 0 heterocycles. The van der Waals surface area contributed by atoms with Crippen LogP contribution in [0.1, 0.15) is 45.1 Å². The summed E-state index contributed by atoms with van der Waals surface area (Å²) < 4.78 is 14.3. The van der Waals surface area contributed by atoms with Gasteiger partial charge in [-0.2, -0.15) is 0 Å². The maximum atomic E-state index is 13.3. The highest BCUT2D eigenvalue weighted by molar-refractivity contribution is 9.10. The average Bonchev–Trinajstić information content (AvgIpc) is 2.21. The number of nitrogens with two attached hydrogens (primary N) is 1. The van der Waals surface area contributed by atoms with E-state index in [-0.39, 0.29) is 11.4 Å². The van der Waals surface area contributed by atoms with Crippen LogP contribution < -0.4 is 5.73 Å². The molecule has 0 bridgehead atoms. The van der Waals surface area contributed by atoms with Gasteiger partial charge in [0.15, 0.2) is 0 Å². The summed E-state index contributed by atoms with van der Waals surface area (Å²) in [6.45, 7) is 4.54. The van der Waals surface area contributed by atoms with Gasteiger partial charge in [-0.05, 0) is 54.9 Å². The van der Waals surface area contributed by atoms with Crippen molar-refractivity contribution in [3.05, 3.63) is 34.1 Å². The molecule has 2 rings (SSSR count). The minimum atomic E-state index is -0.196. The molecule has 1 aliphatic rings. The van der Waals surface area contributed by atoms with Gasteiger partial charge in [0, 0.05) is 10.0 Å². The lowest BCUT2D eigenvalue weighted by molar-refractivity contribution is 0.150. The first-order valence-electron chi connectivity index (χ1n) is 6.53. The van der Waals surface area contributed by atoms with Gasteiger partial charge in [0.1, 0.15) is 5.82 Å². The molecule has 1 unspecified atom stereocenters. The Balaban J connectivity index is 2.19. The van der Waals surface area contributed by atoms with Gasteiger partial charge in [-0.15, -0.1) is 0 Å². The number of benzene rings is 1. The highest BCUT2D eigenvalue weighted by atomic mass is 79.9. The second-order valence-corrected chi connectivity index (χ2v) is 7.32. The third-order valence-electron chi connectivity index (χ3n) is 3.91. The van der Waals surface area contributed by atoms with Gasteiger partial charge in [-0.1, -0.05) is 36.2 Å². The minimum absolute atomic E-state index is 0.188. The van der Waals surface area contributed by atoms with E-state index in [0.29, 0.717) is 5.41 Å². The van der Waals surface area contributed by atoms with E-state index in [4.69, 9.17) is 5.73 Å². The normalized spacial score (nSPS) is 27.2. The van der Waals surface area contributed by atoms with Crippen LogP contribution in [-0.4, -0.2) is 5.54 Å². The molecular weight excluding hydrogens is 293 g/mol. The van der Waals surface area contributed by atoms with E-state index in [2.05, 4.69) is 29.8 Å². The Morgan fingerprint density at radius 3 is 2.72 bits per heavy atom. The number of hydrogen-bond acceptors (Lipinski definition) is 1. The Bertz CT molecular complexity index is 444. The Kier molecular flexibility index (Phi) is 3.84. The lowest BCUT2D eigenvalue weighted by Gasteiger charge is -2.43. The second-order valence-electron chi connectivity index (χ2n) is 6.47. The largest absolute Gasteiger partial charge is 0.325 e. The Morgan fingerprint density at radius 2 is 2.06 bits per heavy atom. The molecule has 0 aliphatic heterocycles. The number of rotatable bonds is 2. The molecule has 0 aromatic heterocycles. The van der Waals surface area contributed by atoms with Crippen LogP contribution in [0.15, 0.2) is 22.7 Å². The Labute approximate surface area is 117 Å². The van der Waals surface area contributed by atoms with Crippen LogP contribution in [0.25, 0.3) is 0 Å². The SMILES string of the molecule is CC1(C)CCCC(N)(Cc2cc(F)ccc2Br)C1. The zero-order valence-corrected chi connectivity index (χ0v) is 12.7. The van der Waals surface area contributed by atoms with E-state index in [1.54, 1.807) is 12.1 Å². The molecule has 0 spiro atoms. The minimum Gasteiger partial charge on any atom is -0.325 e. The molecule has 3 heteroatoms. The third-order valence-corrected chi connectivity index (χ3v) is 4.68. The van der Waals surface area contributed by atoms with Gasteiger partial charge in [-0.25, -0.2) is 4.39 Å². The highest BCUT2D eigenvalue weighted by Crippen LogP contribution is 2.41. The molecule has 0 amide bonds. The summed E-state index contributed by atoms with van der Waals surface area (Å²) in [5, 5.41) is 0. The van der Waals surface area contributed by atoms with Crippen molar-refractivity contribution in [2.24, 2.45) is 11.1 Å². The van der Waals surface area contributed by atoms with Gasteiger partial charge in [-0.3, -0.25) is 0 Å². The first-order chi connectivity index (χ1) is 8.30. The molecule has 0 radical (unpaired) electrons. The number of hydrogen-bond donors (Lipinski definition) is 1. The first kappa shape index (κ1) is 14.0. The van der Waals surface area contributed by atoms with Crippen molar-refractivity contribution in [2.75, 3.05) is 0 Å². The van der Waals surface area contributed by atoms with Crippen molar-refractivity contribution in [3.8, 4) is 0 Å². The van der Waals surface area contributed by atoms with Crippen molar-refractivity contribution in [3.63, 3.8) is 0 Å². The van der Waals surface area contributed by atoms with Crippen molar-refractivity contribution in [1.29, 1.82) is 0 Å². The molecule has 100 valence electrons. The molecule has 2 N–H and O–H groups in total. The fraction of sp³-hybridized carbons (Fsp3) is 0.600. The molecule has 1 atom stereocenters. The molecule has 1 nitrogen and oxygen atoms in total. The van der Waals surface area contributed by atoms with Crippen LogP contribution in [0.5, 0.6) is 0 Å². The maximum absolute atomic E-state index is 13.3. The average molecular weight is 314 g/mol. The van der Waals surface area contributed by atoms with Crippen molar-refractivity contribution in [1.82, 2.24) is 0 Å². The number of halogens is 2. The van der Waals surface area contributed by atoms with E-state index in [0.717, 1.165) is 35.7 Å². The fourth-order valence-electron chi connectivity index (χ4n) is 3.26. The molecule has 1 aromatic rings. The van der Waals surface area contributed by atoms with E-state index < -0.39 is 0 Å². The Morgan fingerprint density at radius 1 is 1.33 bits per heavy atom. The van der Waals surface area contributed by atoms with Crippen LogP contribution >= 0.6 is 15.9 Å². The summed E-state index contributed by atoms with van der Waals surface area (Å²) in [5.74, 6) is -0.188. The van der Waals surface area contributed by atoms with Crippen LogP contribution in [0.3, 0.4) is 0 Å². The summed E-state index contributed by atoms with van der Waals surface area (Å²) in [4.78, 5) is 0. The summed E-state index contributed by atoms with van der Waals surface area (Å²) in [6, 6.07) is 4.84. The molecule has 1 aromatic carbocycles. The summed E-state index contributed by atoms with van der Waals surface area (Å²) in [6.07, 6.45) is 5.17. The van der Waals surface area contributed by atoms with Crippen LogP contribution in [0.2, 0.25) is 0 Å². The van der Waals surface area contributed by atoms with E-state index >= 15 is 0 Å². The Hall–Kier alpha value is -0.410. The van der Waals surface area contributed by atoms with Crippen LogP contribution in [-0.2, 0) is 6.42 Å². The van der Waals surface area contributed by atoms with E-state index in [9.17, 15) is 4.39 Å². The van der Waals surface area contributed by atoms with Gasteiger partial charge in [0.2, 0.25) is 0 Å².